The molecule has 0 radical (unpaired) electrons. The number of methoxy groups -OCH3 is 1. The van der Waals surface area contributed by atoms with Crippen LogP contribution in [0.3, 0.4) is 0 Å². The smallest absolute Gasteiger partial charge is 0.125 e. The number of nitrogens with two attached hydrogens (primary N) is 1. The molecule has 0 spiro atoms. The van der Waals surface area contributed by atoms with Crippen LogP contribution in [0, 0.1) is 0 Å². The zero-order valence-corrected chi connectivity index (χ0v) is 12.0. The molecule has 0 saturated carbocycles. The van der Waals surface area contributed by atoms with Crippen LogP contribution in [-0.2, 0) is 13.1 Å². The van der Waals surface area contributed by atoms with Gasteiger partial charge in [-0.25, -0.2) is 0 Å². The number of hydrogen-bond donors (Lipinski definition) is 1. The van der Waals surface area contributed by atoms with Crippen molar-refractivity contribution in [2.24, 2.45) is 5.73 Å². The SMILES string of the molecule is COc1cccc(N2Cc3ccccc3C2)c1C(C)N. The minimum absolute atomic E-state index is 0.0511. The maximum absolute atomic E-state index is 6.16. The Morgan fingerprint density at radius 1 is 1.05 bits per heavy atom. The number of rotatable bonds is 3. The van der Waals surface area contributed by atoms with Gasteiger partial charge in [-0.2, -0.15) is 0 Å². The summed E-state index contributed by atoms with van der Waals surface area (Å²) in [4.78, 5) is 2.37. The normalized spacial score (nSPS) is 15.1. The van der Waals surface area contributed by atoms with E-state index in [-0.39, 0.29) is 6.04 Å². The minimum Gasteiger partial charge on any atom is -0.496 e. The number of ether oxygens (including phenoxy) is 1. The first-order valence-corrected chi connectivity index (χ1v) is 6.95. The van der Waals surface area contributed by atoms with E-state index in [4.69, 9.17) is 10.5 Å². The number of benzene rings is 2. The second-order valence-electron chi connectivity index (χ2n) is 5.31. The monoisotopic (exact) mass is 268 g/mol. The first-order valence-electron chi connectivity index (χ1n) is 6.95. The molecule has 104 valence electrons. The molecule has 0 aliphatic carbocycles. The van der Waals surface area contributed by atoms with Crippen molar-refractivity contribution in [1.82, 2.24) is 0 Å². The average Bonchev–Trinajstić information content (AvgIpc) is 2.90. The summed E-state index contributed by atoms with van der Waals surface area (Å²) in [6.45, 7) is 3.87. The van der Waals surface area contributed by atoms with Crippen molar-refractivity contribution < 1.29 is 4.74 Å². The predicted octanol–water partition coefficient (Wildman–Crippen LogP) is 3.24. The number of hydrogen-bond acceptors (Lipinski definition) is 3. The lowest BCUT2D eigenvalue weighted by atomic mass is 10.0. The van der Waals surface area contributed by atoms with E-state index in [0.717, 1.165) is 24.4 Å². The van der Waals surface area contributed by atoms with Crippen molar-refractivity contribution in [3.05, 3.63) is 59.2 Å². The van der Waals surface area contributed by atoms with Crippen LogP contribution < -0.4 is 15.4 Å². The zero-order valence-electron chi connectivity index (χ0n) is 12.0. The molecule has 3 heteroatoms. The summed E-state index contributed by atoms with van der Waals surface area (Å²) < 4.78 is 5.48. The van der Waals surface area contributed by atoms with Crippen molar-refractivity contribution >= 4 is 5.69 Å². The predicted molar refractivity (Wildman–Crippen MR) is 81.9 cm³/mol. The molecule has 0 fully saturated rings. The highest BCUT2D eigenvalue weighted by Crippen LogP contribution is 2.37. The van der Waals surface area contributed by atoms with Gasteiger partial charge in [-0.05, 0) is 30.2 Å². The maximum Gasteiger partial charge on any atom is 0.125 e. The standard InChI is InChI=1S/C17H20N2O/c1-12(18)17-15(8-5-9-16(17)20-2)19-10-13-6-3-4-7-14(13)11-19/h3-9,12H,10-11,18H2,1-2H3. The number of fused-ring (bicyclic) bond motifs is 1. The lowest BCUT2D eigenvalue weighted by Gasteiger charge is -2.24. The minimum atomic E-state index is -0.0511. The van der Waals surface area contributed by atoms with Crippen LogP contribution in [0.25, 0.3) is 0 Å². The van der Waals surface area contributed by atoms with Crippen molar-refractivity contribution in [2.75, 3.05) is 12.0 Å². The fourth-order valence-corrected chi connectivity index (χ4v) is 2.95. The van der Waals surface area contributed by atoms with Crippen LogP contribution in [-0.4, -0.2) is 7.11 Å². The van der Waals surface area contributed by atoms with Crippen LogP contribution in [0.5, 0.6) is 5.75 Å². The Hall–Kier alpha value is -2.00. The Morgan fingerprint density at radius 3 is 2.25 bits per heavy atom. The Balaban J connectivity index is 2.00. The van der Waals surface area contributed by atoms with Crippen molar-refractivity contribution in [1.29, 1.82) is 0 Å². The van der Waals surface area contributed by atoms with E-state index in [1.807, 2.05) is 19.1 Å². The molecule has 1 unspecified atom stereocenters. The summed E-state index contributed by atoms with van der Waals surface area (Å²) >= 11 is 0. The van der Waals surface area contributed by atoms with Gasteiger partial charge in [0.2, 0.25) is 0 Å². The molecule has 1 heterocycles. The molecule has 0 amide bonds. The largest absolute Gasteiger partial charge is 0.496 e. The molecule has 0 aromatic heterocycles. The molecule has 0 saturated heterocycles. The average molecular weight is 268 g/mol. The van der Waals surface area contributed by atoms with Crippen molar-refractivity contribution in [3.8, 4) is 5.75 Å². The van der Waals surface area contributed by atoms with Gasteiger partial charge in [0.1, 0.15) is 5.75 Å². The van der Waals surface area contributed by atoms with Gasteiger partial charge < -0.3 is 15.4 Å². The highest BCUT2D eigenvalue weighted by molar-refractivity contribution is 5.62. The molecule has 1 aliphatic rings. The third-order valence-electron chi connectivity index (χ3n) is 3.90. The molecule has 2 aromatic rings. The molecule has 3 rings (SSSR count). The van der Waals surface area contributed by atoms with Gasteiger partial charge in [0, 0.05) is 30.4 Å². The third-order valence-corrected chi connectivity index (χ3v) is 3.90. The molecule has 0 bridgehead atoms. The van der Waals surface area contributed by atoms with Crippen molar-refractivity contribution in [3.63, 3.8) is 0 Å². The highest BCUT2D eigenvalue weighted by atomic mass is 16.5. The molecule has 2 N–H and O–H groups in total. The quantitative estimate of drug-likeness (QED) is 0.928. The first kappa shape index (κ1) is 13.0. The van der Waals surface area contributed by atoms with E-state index in [0.29, 0.717) is 0 Å². The summed E-state index contributed by atoms with van der Waals surface area (Å²) in [6, 6.07) is 14.7. The first-order chi connectivity index (χ1) is 9.70. The summed E-state index contributed by atoms with van der Waals surface area (Å²) in [6.07, 6.45) is 0. The Kier molecular flexibility index (Phi) is 3.36. The molecular weight excluding hydrogens is 248 g/mol. The Bertz CT molecular complexity index is 597. The van der Waals surface area contributed by atoms with Crippen LogP contribution in [0.15, 0.2) is 42.5 Å². The van der Waals surface area contributed by atoms with Crippen LogP contribution in [0.2, 0.25) is 0 Å². The highest BCUT2D eigenvalue weighted by Gasteiger charge is 2.23. The molecular formula is C17H20N2O. The van der Waals surface area contributed by atoms with Gasteiger partial charge in [0.15, 0.2) is 0 Å². The van der Waals surface area contributed by atoms with Gasteiger partial charge >= 0.3 is 0 Å². The second-order valence-corrected chi connectivity index (χ2v) is 5.31. The van der Waals surface area contributed by atoms with Gasteiger partial charge in [-0.3, -0.25) is 0 Å². The topological polar surface area (TPSA) is 38.5 Å². The molecule has 20 heavy (non-hydrogen) atoms. The summed E-state index contributed by atoms with van der Waals surface area (Å²) in [5, 5.41) is 0. The van der Waals surface area contributed by atoms with Crippen LogP contribution >= 0.6 is 0 Å². The number of anilines is 1. The lowest BCUT2D eigenvalue weighted by molar-refractivity contribution is 0.407. The lowest BCUT2D eigenvalue weighted by Crippen LogP contribution is -2.19. The van der Waals surface area contributed by atoms with Gasteiger partial charge in [0.05, 0.1) is 7.11 Å². The zero-order chi connectivity index (χ0) is 14.1. The second kappa shape index (κ2) is 5.17. The van der Waals surface area contributed by atoms with Crippen LogP contribution in [0.1, 0.15) is 29.7 Å². The third kappa shape index (κ3) is 2.14. The van der Waals surface area contributed by atoms with E-state index in [1.54, 1.807) is 7.11 Å². The summed E-state index contributed by atoms with van der Waals surface area (Å²) in [5.74, 6) is 0.869. The summed E-state index contributed by atoms with van der Waals surface area (Å²) in [5.41, 5.74) is 11.2. The van der Waals surface area contributed by atoms with E-state index in [1.165, 1.54) is 16.8 Å². The van der Waals surface area contributed by atoms with E-state index < -0.39 is 0 Å². The Morgan fingerprint density at radius 2 is 1.70 bits per heavy atom. The number of nitrogens with zero attached hydrogens (tertiary/aromatic N) is 1. The molecule has 1 atom stereocenters. The fraction of sp³-hybridized carbons (Fsp3) is 0.294. The van der Waals surface area contributed by atoms with Gasteiger partial charge in [-0.15, -0.1) is 0 Å². The van der Waals surface area contributed by atoms with Gasteiger partial charge in [0.25, 0.3) is 0 Å². The fourth-order valence-electron chi connectivity index (χ4n) is 2.95. The summed E-state index contributed by atoms with van der Waals surface area (Å²) in [7, 11) is 1.70. The maximum atomic E-state index is 6.16. The molecule has 1 aliphatic heterocycles. The van der Waals surface area contributed by atoms with E-state index in [2.05, 4.69) is 35.2 Å². The van der Waals surface area contributed by atoms with Gasteiger partial charge in [-0.1, -0.05) is 30.3 Å². The van der Waals surface area contributed by atoms with E-state index in [9.17, 15) is 0 Å². The van der Waals surface area contributed by atoms with Crippen molar-refractivity contribution in [2.45, 2.75) is 26.1 Å². The Labute approximate surface area is 120 Å². The van der Waals surface area contributed by atoms with Crippen LogP contribution in [0.4, 0.5) is 5.69 Å². The molecule has 2 aromatic carbocycles. The van der Waals surface area contributed by atoms with E-state index >= 15 is 0 Å². The molecule has 3 nitrogen and oxygen atoms in total.